The number of nitrogens with zero attached hydrogens (tertiary/aromatic N) is 2. The molecule has 5 rings (SSSR count). The number of benzene rings is 4. The van der Waals surface area contributed by atoms with Crippen molar-refractivity contribution in [3.8, 4) is 0 Å². The van der Waals surface area contributed by atoms with E-state index >= 15 is 0 Å². The van der Waals surface area contributed by atoms with Crippen LogP contribution < -0.4 is 9.62 Å². The van der Waals surface area contributed by atoms with Crippen molar-refractivity contribution in [2.45, 2.75) is 69.0 Å². The van der Waals surface area contributed by atoms with E-state index in [0.717, 1.165) is 57.6 Å². The van der Waals surface area contributed by atoms with Crippen LogP contribution >= 0.6 is 27.5 Å². The summed E-state index contributed by atoms with van der Waals surface area (Å²) < 4.78 is 30.4. The lowest BCUT2D eigenvalue weighted by Gasteiger charge is -2.35. The molecule has 0 bridgehead atoms. The molecule has 47 heavy (non-hydrogen) atoms. The van der Waals surface area contributed by atoms with Gasteiger partial charge in [-0.1, -0.05) is 113 Å². The Balaban J connectivity index is 1.56. The van der Waals surface area contributed by atoms with Crippen LogP contribution in [0.25, 0.3) is 0 Å². The molecule has 2 amide bonds. The van der Waals surface area contributed by atoms with Crippen LogP contribution in [0.5, 0.6) is 0 Å². The lowest BCUT2D eigenvalue weighted by atomic mass is 9.94. The van der Waals surface area contributed by atoms with Crippen LogP contribution in [0.1, 0.15) is 48.8 Å². The van der Waals surface area contributed by atoms with Gasteiger partial charge in [0.15, 0.2) is 0 Å². The molecule has 1 N–H and O–H groups in total. The zero-order valence-electron chi connectivity index (χ0n) is 26.3. The number of nitrogens with one attached hydrogen (secondary N) is 1. The second-order valence-electron chi connectivity index (χ2n) is 12.0. The second-order valence-corrected chi connectivity index (χ2v) is 15.2. The maximum absolute atomic E-state index is 14.6. The fourth-order valence-electron chi connectivity index (χ4n) is 5.88. The van der Waals surface area contributed by atoms with Gasteiger partial charge in [0.05, 0.1) is 10.6 Å². The fraction of sp³-hybridized carbons (Fsp3) is 0.297. The van der Waals surface area contributed by atoms with Gasteiger partial charge in [-0.25, -0.2) is 8.42 Å². The molecule has 0 spiro atoms. The number of hydrogen-bond donors (Lipinski definition) is 1. The van der Waals surface area contributed by atoms with Crippen molar-refractivity contribution in [3.05, 3.63) is 129 Å². The van der Waals surface area contributed by atoms with Crippen molar-refractivity contribution in [2.24, 2.45) is 0 Å². The third-order valence-corrected chi connectivity index (χ3v) is 11.0. The van der Waals surface area contributed by atoms with Crippen molar-refractivity contribution in [1.29, 1.82) is 0 Å². The van der Waals surface area contributed by atoms with Crippen LogP contribution in [-0.4, -0.2) is 43.8 Å². The Hall–Kier alpha value is -3.66. The number of sulfonamides is 1. The first-order valence-electron chi connectivity index (χ1n) is 15.8. The minimum Gasteiger partial charge on any atom is -0.352 e. The molecule has 10 heteroatoms. The molecule has 0 aliphatic heterocycles. The van der Waals surface area contributed by atoms with E-state index < -0.39 is 28.5 Å². The van der Waals surface area contributed by atoms with Crippen LogP contribution in [0.2, 0.25) is 5.02 Å². The Bertz CT molecular complexity index is 1760. The van der Waals surface area contributed by atoms with E-state index in [-0.39, 0.29) is 35.5 Å². The third-order valence-electron chi connectivity index (χ3n) is 8.47. The van der Waals surface area contributed by atoms with Gasteiger partial charge in [-0.3, -0.25) is 13.9 Å². The largest absolute Gasteiger partial charge is 0.352 e. The first-order chi connectivity index (χ1) is 22.6. The Kier molecular flexibility index (Phi) is 11.8. The molecule has 1 unspecified atom stereocenters. The summed E-state index contributed by atoms with van der Waals surface area (Å²) in [7, 11) is -4.20. The quantitative estimate of drug-likeness (QED) is 0.162. The number of rotatable bonds is 12. The topological polar surface area (TPSA) is 86.8 Å². The molecule has 0 saturated heterocycles. The molecule has 246 valence electrons. The summed E-state index contributed by atoms with van der Waals surface area (Å²) >= 11 is 9.80. The van der Waals surface area contributed by atoms with Crippen LogP contribution in [0.15, 0.2) is 112 Å². The highest BCUT2D eigenvalue weighted by Crippen LogP contribution is 2.28. The van der Waals surface area contributed by atoms with Crippen molar-refractivity contribution >= 4 is 55.1 Å². The molecule has 0 heterocycles. The molecule has 0 aromatic heterocycles. The monoisotopic (exact) mass is 735 g/mol. The smallest absolute Gasteiger partial charge is 0.264 e. The zero-order chi connectivity index (χ0) is 33.4. The first kappa shape index (κ1) is 34.7. The Morgan fingerprint density at radius 2 is 1.55 bits per heavy atom. The lowest BCUT2D eigenvalue weighted by Crippen LogP contribution is -2.55. The molecule has 1 saturated carbocycles. The normalized spacial score (nSPS) is 14.3. The molecule has 1 fully saturated rings. The number of halogens is 2. The highest BCUT2D eigenvalue weighted by atomic mass is 79.9. The number of amides is 2. The van der Waals surface area contributed by atoms with Crippen LogP contribution in [0.3, 0.4) is 0 Å². The molecule has 4 aromatic carbocycles. The van der Waals surface area contributed by atoms with Crippen molar-refractivity contribution in [3.63, 3.8) is 0 Å². The van der Waals surface area contributed by atoms with Gasteiger partial charge in [0.2, 0.25) is 11.8 Å². The average molecular weight is 737 g/mol. The van der Waals surface area contributed by atoms with E-state index in [1.54, 1.807) is 30.3 Å². The third kappa shape index (κ3) is 9.24. The maximum Gasteiger partial charge on any atom is 0.264 e. The summed E-state index contributed by atoms with van der Waals surface area (Å²) in [6.07, 6.45) is 5.28. The number of anilines is 1. The minimum absolute atomic E-state index is 0.0315. The number of carbonyl (C=O) groups excluding carboxylic acids is 2. The van der Waals surface area contributed by atoms with Gasteiger partial charge in [-0.2, -0.15) is 0 Å². The molecule has 7 nitrogen and oxygen atoms in total. The maximum atomic E-state index is 14.6. The zero-order valence-corrected chi connectivity index (χ0v) is 29.5. The summed E-state index contributed by atoms with van der Waals surface area (Å²) in [6, 6.07) is 29.2. The Morgan fingerprint density at radius 1 is 0.872 bits per heavy atom. The minimum atomic E-state index is -4.20. The number of hydrogen-bond acceptors (Lipinski definition) is 4. The molecule has 1 aliphatic carbocycles. The standard InChI is InChI=1S/C37H39BrClN3O4S/c1-27-15-21-34(22-16-27)47(45,46)42(33-14-8-11-31(39)24-33)26-36(43)41(25-29-17-19-30(38)20-18-29)35(23-28-9-4-2-5-10-28)37(44)40-32-12-6-3-7-13-32/h2,4-5,8-11,14-22,24,32,35H,3,6-7,12-13,23,25-26H2,1H3,(H,40,44). The molecular formula is C37H39BrClN3O4S. The molecule has 0 radical (unpaired) electrons. The van der Waals surface area contributed by atoms with Gasteiger partial charge >= 0.3 is 0 Å². The highest BCUT2D eigenvalue weighted by Gasteiger charge is 2.35. The van der Waals surface area contributed by atoms with Gasteiger partial charge in [-0.15, -0.1) is 0 Å². The molecule has 1 aliphatic rings. The summed E-state index contributed by atoms with van der Waals surface area (Å²) in [5.74, 6) is -0.759. The number of carbonyl (C=O) groups is 2. The molecule has 4 aromatic rings. The SMILES string of the molecule is Cc1ccc(S(=O)(=O)N(CC(=O)N(Cc2ccc(Br)cc2)C(Cc2ccccc2)C(=O)NC2CCCCC2)c2cccc(Cl)c2)cc1. The molecular weight excluding hydrogens is 698 g/mol. The predicted octanol–water partition coefficient (Wildman–Crippen LogP) is 7.70. The lowest BCUT2D eigenvalue weighted by molar-refractivity contribution is -0.140. The van der Waals surface area contributed by atoms with E-state index in [1.807, 2.05) is 61.5 Å². The van der Waals surface area contributed by atoms with Gasteiger partial charge in [0, 0.05) is 28.5 Å². The fourth-order valence-corrected chi connectivity index (χ4v) is 7.74. The van der Waals surface area contributed by atoms with E-state index in [1.165, 1.54) is 23.1 Å². The summed E-state index contributed by atoms with van der Waals surface area (Å²) in [5, 5.41) is 3.57. The number of aryl methyl sites for hydroxylation is 1. The van der Waals surface area contributed by atoms with Crippen LogP contribution in [0.4, 0.5) is 5.69 Å². The van der Waals surface area contributed by atoms with Crippen molar-refractivity contribution in [2.75, 3.05) is 10.8 Å². The van der Waals surface area contributed by atoms with Gasteiger partial charge in [-0.05, 0) is 73.4 Å². The highest BCUT2D eigenvalue weighted by molar-refractivity contribution is 9.10. The van der Waals surface area contributed by atoms with Gasteiger partial charge in [0.25, 0.3) is 10.0 Å². The Labute approximate surface area is 291 Å². The van der Waals surface area contributed by atoms with Gasteiger partial charge in [0.1, 0.15) is 12.6 Å². The molecule has 1 atom stereocenters. The Morgan fingerprint density at radius 3 is 2.21 bits per heavy atom. The van der Waals surface area contributed by atoms with E-state index in [9.17, 15) is 18.0 Å². The summed E-state index contributed by atoms with van der Waals surface area (Å²) in [6.45, 7) is 1.45. The van der Waals surface area contributed by atoms with E-state index in [2.05, 4.69) is 21.2 Å². The second kappa shape index (κ2) is 16.0. The van der Waals surface area contributed by atoms with Crippen molar-refractivity contribution in [1.82, 2.24) is 10.2 Å². The average Bonchev–Trinajstić information content (AvgIpc) is 3.07. The first-order valence-corrected chi connectivity index (χ1v) is 18.4. The van der Waals surface area contributed by atoms with Crippen LogP contribution in [0, 0.1) is 6.92 Å². The van der Waals surface area contributed by atoms with Crippen molar-refractivity contribution < 1.29 is 18.0 Å². The van der Waals surface area contributed by atoms with Crippen LogP contribution in [-0.2, 0) is 32.6 Å². The van der Waals surface area contributed by atoms with Gasteiger partial charge < -0.3 is 10.2 Å². The summed E-state index contributed by atoms with van der Waals surface area (Å²) in [5.41, 5.74) is 2.86. The predicted molar refractivity (Wildman–Crippen MR) is 191 cm³/mol. The van der Waals surface area contributed by atoms with E-state index in [0.29, 0.717) is 5.02 Å². The van der Waals surface area contributed by atoms with E-state index in [4.69, 9.17) is 11.6 Å². The summed E-state index contributed by atoms with van der Waals surface area (Å²) in [4.78, 5) is 30.4.